The van der Waals surface area contributed by atoms with Crippen molar-refractivity contribution in [3.05, 3.63) is 94.6 Å². The summed E-state index contributed by atoms with van der Waals surface area (Å²) in [4.78, 5) is 28.1. The number of amides is 1. The molecule has 2 heterocycles. The minimum Gasteiger partial charge on any atom is -0.507 e. The Kier molecular flexibility index (Phi) is 6.14. The van der Waals surface area contributed by atoms with Crippen molar-refractivity contribution in [2.45, 2.75) is 39.0 Å². The van der Waals surface area contributed by atoms with E-state index in [1.54, 1.807) is 37.3 Å². The predicted molar refractivity (Wildman–Crippen MR) is 134 cm³/mol. The smallest absolute Gasteiger partial charge is 0.295 e. The molecule has 3 aromatic carbocycles. The minimum atomic E-state index is -0.867. The number of Topliss-reactive ketones (excluding diaryl/α,β-unsaturated/α-hetero) is 1. The lowest BCUT2D eigenvalue weighted by Crippen LogP contribution is -2.29. The molecule has 1 fully saturated rings. The third-order valence-electron chi connectivity index (χ3n) is 6.50. The molecule has 7 heteroatoms. The van der Waals surface area contributed by atoms with Gasteiger partial charge >= 0.3 is 0 Å². The van der Waals surface area contributed by atoms with Crippen LogP contribution in [0.4, 0.5) is 0 Å². The molecule has 0 radical (unpaired) electrons. The maximum absolute atomic E-state index is 13.4. The van der Waals surface area contributed by atoms with Gasteiger partial charge in [-0.2, -0.15) is 0 Å². The number of ether oxygens (including phenoxy) is 2. The number of carbonyl (C=O) groups excluding carboxylic acids is 2. The van der Waals surface area contributed by atoms with Crippen LogP contribution in [0.25, 0.3) is 5.76 Å². The zero-order chi connectivity index (χ0) is 25.4. The first-order valence-corrected chi connectivity index (χ1v) is 12.0. The van der Waals surface area contributed by atoms with E-state index in [0.29, 0.717) is 24.2 Å². The van der Waals surface area contributed by atoms with Crippen LogP contribution in [0.5, 0.6) is 17.2 Å². The van der Waals surface area contributed by atoms with Crippen LogP contribution in [-0.2, 0) is 22.6 Å². The van der Waals surface area contributed by atoms with Crippen molar-refractivity contribution in [3.63, 3.8) is 0 Å². The van der Waals surface area contributed by atoms with Crippen LogP contribution in [0.1, 0.15) is 42.1 Å². The van der Waals surface area contributed by atoms with Gasteiger partial charge in [-0.1, -0.05) is 36.4 Å². The van der Waals surface area contributed by atoms with Crippen LogP contribution < -0.4 is 9.47 Å². The molecule has 2 N–H and O–H groups in total. The molecule has 0 aliphatic carbocycles. The number of likely N-dealkylation sites (tertiary alicyclic amines) is 1. The number of aliphatic hydroxyl groups is 1. The van der Waals surface area contributed by atoms with E-state index in [1.165, 1.54) is 11.0 Å². The molecule has 2 aliphatic rings. The Hall–Kier alpha value is -4.26. The number of carbonyl (C=O) groups is 2. The van der Waals surface area contributed by atoms with E-state index in [0.717, 1.165) is 16.9 Å². The number of benzene rings is 3. The molecule has 0 aromatic heterocycles. The average molecular weight is 486 g/mol. The van der Waals surface area contributed by atoms with Gasteiger partial charge < -0.3 is 24.6 Å². The number of ketones is 1. The summed E-state index contributed by atoms with van der Waals surface area (Å²) in [7, 11) is 0. The molecular weight excluding hydrogens is 458 g/mol. The molecular formula is C29H27NO6. The summed E-state index contributed by atoms with van der Waals surface area (Å²) in [6.45, 7) is 4.27. The zero-order valence-electron chi connectivity index (χ0n) is 20.1. The first-order valence-electron chi connectivity index (χ1n) is 12.0. The van der Waals surface area contributed by atoms with Gasteiger partial charge in [0.05, 0.1) is 18.2 Å². The van der Waals surface area contributed by atoms with Crippen LogP contribution in [0.15, 0.2) is 72.3 Å². The van der Waals surface area contributed by atoms with E-state index in [4.69, 9.17) is 9.47 Å². The quantitative estimate of drug-likeness (QED) is 0.298. The fourth-order valence-electron chi connectivity index (χ4n) is 4.87. The monoisotopic (exact) mass is 485 g/mol. The third kappa shape index (κ3) is 4.17. The van der Waals surface area contributed by atoms with Gasteiger partial charge in [0.25, 0.3) is 11.7 Å². The number of fused-ring (bicyclic) bond motifs is 1. The zero-order valence-corrected chi connectivity index (χ0v) is 20.1. The van der Waals surface area contributed by atoms with Gasteiger partial charge in [-0.05, 0) is 60.9 Å². The molecule has 0 bridgehead atoms. The van der Waals surface area contributed by atoms with Crippen LogP contribution in [-0.4, -0.2) is 39.5 Å². The fourth-order valence-corrected chi connectivity index (χ4v) is 4.87. The van der Waals surface area contributed by atoms with Crippen molar-refractivity contribution in [1.29, 1.82) is 0 Å². The topological polar surface area (TPSA) is 96.3 Å². The summed E-state index contributed by atoms with van der Waals surface area (Å²) in [6, 6.07) is 18.5. The van der Waals surface area contributed by atoms with Crippen molar-refractivity contribution in [2.75, 3.05) is 6.61 Å². The minimum absolute atomic E-state index is 0.00372. The lowest BCUT2D eigenvalue weighted by atomic mass is 9.94. The Bertz CT molecular complexity index is 1360. The second-order valence-electron chi connectivity index (χ2n) is 9.03. The lowest BCUT2D eigenvalue weighted by molar-refractivity contribution is -0.140. The van der Waals surface area contributed by atoms with Crippen LogP contribution >= 0.6 is 0 Å². The molecule has 1 saturated heterocycles. The Morgan fingerprint density at radius 2 is 1.86 bits per heavy atom. The molecule has 184 valence electrons. The Labute approximate surface area is 209 Å². The Balaban J connectivity index is 1.65. The fraction of sp³-hybridized carbons (Fsp3) is 0.241. The lowest BCUT2D eigenvalue weighted by Gasteiger charge is -2.26. The first kappa shape index (κ1) is 23.5. The van der Waals surface area contributed by atoms with Gasteiger partial charge in [0.1, 0.15) is 17.6 Å². The highest BCUT2D eigenvalue weighted by Crippen LogP contribution is 2.43. The van der Waals surface area contributed by atoms with Gasteiger partial charge in [0.2, 0.25) is 0 Å². The SMILES string of the molecule is CCOc1cc([C@@H]2/C(=C(\O)c3ccc4c(c3)C[C@@H](C)O4)C(=O)C(=O)N2Cc2ccccc2)ccc1O. The molecule has 0 spiro atoms. The predicted octanol–water partition coefficient (Wildman–Crippen LogP) is 4.74. The highest BCUT2D eigenvalue weighted by atomic mass is 16.5. The van der Waals surface area contributed by atoms with E-state index in [9.17, 15) is 19.8 Å². The average Bonchev–Trinajstić information content (AvgIpc) is 3.37. The third-order valence-corrected chi connectivity index (χ3v) is 6.50. The standard InChI is InChI=1S/C29H27NO6/c1-3-35-24-15-19(9-11-22(24)31)26-25(27(32)20-10-12-23-21(14-20)13-17(2)36-23)28(33)29(34)30(26)16-18-7-5-4-6-8-18/h4-12,14-15,17,26,31-32H,3,13,16H2,1-2H3/b27-25+/t17-,26-/m1/s1. The molecule has 1 amide bonds. The summed E-state index contributed by atoms with van der Waals surface area (Å²) < 4.78 is 11.3. The second-order valence-corrected chi connectivity index (χ2v) is 9.03. The number of hydrogen-bond donors (Lipinski definition) is 2. The molecule has 36 heavy (non-hydrogen) atoms. The number of aromatic hydroxyl groups is 1. The first-order chi connectivity index (χ1) is 17.4. The van der Waals surface area contributed by atoms with E-state index in [2.05, 4.69) is 0 Å². The van der Waals surface area contributed by atoms with E-state index < -0.39 is 17.7 Å². The normalized spacial score (nSPS) is 20.3. The Morgan fingerprint density at radius 3 is 2.61 bits per heavy atom. The highest BCUT2D eigenvalue weighted by Gasteiger charge is 2.46. The summed E-state index contributed by atoms with van der Waals surface area (Å²) in [5.74, 6) is -0.765. The number of phenolic OH excluding ortho intramolecular Hbond substituents is 1. The number of hydrogen-bond acceptors (Lipinski definition) is 6. The number of aliphatic hydroxyl groups excluding tert-OH is 1. The van der Waals surface area contributed by atoms with Crippen molar-refractivity contribution >= 4 is 17.4 Å². The van der Waals surface area contributed by atoms with Crippen molar-refractivity contribution < 1.29 is 29.3 Å². The number of nitrogens with zero attached hydrogens (tertiary/aromatic N) is 1. The number of phenols is 1. The van der Waals surface area contributed by atoms with Gasteiger partial charge in [-0.3, -0.25) is 9.59 Å². The van der Waals surface area contributed by atoms with Crippen LogP contribution in [0.2, 0.25) is 0 Å². The molecule has 0 unspecified atom stereocenters. The van der Waals surface area contributed by atoms with Crippen molar-refractivity contribution in [2.24, 2.45) is 0 Å². The molecule has 7 nitrogen and oxygen atoms in total. The summed E-state index contributed by atoms with van der Waals surface area (Å²) in [6.07, 6.45) is 0.723. The number of rotatable bonds is 6. The largest absolute Gasteiger partial charge is 0.507 e. The maximum atomic E-state index is 13.4. The maximum Gasteiger partial charge on any atom is 0.295 e. The second kappa shape index (κ2) is 9.41. The van der Waals surface area contributed by atoms with Crippen LogP contribution in [0, 0.1) is 0 Å². The molecule has 0 saturated carbocycles. The summed E-state index contributed by atoms with van der Waals surface area (Å²) in [5.41, 5.74) is 2.77. The Morgan fingerprint density at radius 1 is 1.08 bits per heavy atom. The van der Waals surface area contributed by atoms with Gasteiger partial charge in [0, 0.05) is 18.5 Å². The van der Waals surface area contributed by atoms with Gasteiger partial charge in [-0.25, -0.2) is 0 Å². The highest BCUT2D eigenvalue weighted by molar-refractivity contribution is 6.46. The van der Waals surface area contributed by atoms with Crippen molar-refractivity contribution in [1.82, 2.24) is 4.90 Å². The summed E-state index contributed by atoms with van der Waals surface area (Å²) in [5, 5.41) is 21.6. The van der Waals surface area contributed by atoms with E-state index >= 15 is 0 Å². The molecule has 5 rings (SSSR count). The van der Waals surface area contributed by atoms with E-state index in [1.807, 2.05) is 37.3 Å². The molecule has 2 atom stereocenters. The van der Waals surface area contributed by atoms with E-state index in [-0.39, 0.29) is 35.5 Å². The van der Waals surface area contributed by atoms with Gasteiger partial charge in [0.15, 0.2) is 11.5 Å². The van der Waals surface area contributed by atoms with Crippen molar-refractivity contribution in [3.8, 4) is 17.2 Å². The summed E-state index contributed by atoms with van der Waals surface area (Å²) >= 11 is 0. The van der Waals surface area contributed by atoms with Crippen LogP contribution in [0.3, 0.4) is 0 Å². The van der Waals surface area contributed by atoms with Gasteiger partial charge in [-0.15, -0.1) is 0 Å². The molecule has 2 aliphatic heterocycles. The molecule has 3 aromatic rings.